The zero-order valence-corrected chi connectivity index (χ0v) is 13.6. The van der Waals surface area contributed by atoms with Crippen LogP contribution in [0.15, 0.2) is 54.6 Å². The van der Waals surface area contributed by atoms with Crippen molar-refractivity contribution in [2.45, 2.75) is 19.6 Å². The number of hydrogen-bond acceptors (Lipinski definition) is 2. The molecule has 5 heteroatoms. The standard InChI is InChI=1S/C19H21F3N2/c1-15-11-23(13-16-5-3-2-4-6-16)14-24(12-15)18-9-7-17(8-10-18)19(20,21)22/h2-10,15H,11-14H2,1H3/t15-/m1/s1. The monoisotopic (exact) mass is 334 g/mol. The molecule has 1 aliphatic heterocycles. The molecule has 2 aromatic rings. The number of anilines is 1. The van der Waals surface area contributed by atoms with Crippen LogP contribution < -0.4 is 4.90 Å². The third-order valence-corrected chi connectivity index (χ3v) is 4.28. The van der Waals surface area contributed by atoms with Gasteiger partial charge in [-0.3, -0.25) is 4.90 Å². The van der Waals surface area contributed by atoms with Gasteiger partial charge in [0.05, 0.1) is 12.2 Å². The van der Waals surface area contributed by atoms with Crippen LogP contribution in [-0.4, -0.2) is 24.7 Å². The number of halogens is 3. The molecular weight excluding hydrogens is 313 g/mol. The van der Waals surface area contributed by atoms with Crippen LogP contribution in [0.2, 0.25) is 0 Å². The molecule has 0 saturated carbocycles. The molecule has 1 heterocycles. The van der Waals surface area contributed by atoms with Gasteiger partial charge in [0.25, 0.3) is 0 Å². The lowest BCUT2D eigenvalue weighted by atomic mass is 10.1. The maximum atomic E-state index is 12.7. The molecule has 1 saturated heterocycles. The van der Waals surface area contributed by atoms with E-state index in [9.17, 15) is 13.2 Å². The van der Waals surface area contributed by atoms with Crippen LogP contribution in [0.4, 0.5) is 18.9 Å². The molecule has 0 aliphatic carbocycles. The Hall–Kier alpha value is -2.01. The Morgan fingerprint density at radius 1 is 0.958 bits per heavy atom. The molecular formula is C19H21F3N2. The Morgan fingerprint density at radius 2 is 1.62 bits per heavy atom. The summed E-state index contributed by atoms with van der Waals surface area (Å²) in [5.74, 6) is 0.463. The first-order chi connectivity index (χ1) is 11.4. The van der Waals surface area contributed by atoms with E-state index in [1.54, 1.807) is 12.1 Å². The van der Waals surface area contributed by atoms with E-state index < -0.39 is 11.7 Å². The van der Waals surface area contributed by atoms with Crippen molar-refractivity contribution in [1.29, 1.82) is 0 Å². The van der Waals surface area contributed by atoms with Crippen molar-refractivity contribution in [2.24, 2.45) is 5.92 Å². The van der Waals surface area contributed by atoms with E-state index in [0.717, 1.165) is 44.1 Å². The van der Waals surface area contributed by atoms with Crippen molar-refractivity contribution in [1.82, 2.24) is 4.90 Å². The van der Waals surface area contributed by atoms with E-state index in [2.05, 4.69) is 28.9 Å². The minimum absolute atomic E-state index is 0.463. The van der Waals surface area contributed by atoms with E-state index in [0.29, 0.717) is 5.92 Å². The van der Waals surface area contributed by atoms with Gasteiger partial charge >= 0.3 is 6.18 Å². The minimum atomic E-state index is -4.28. The number of rotatable bonds is 3. The van der Waals surface area contributed by atoms with E-state index in [1.165, 1.54) is 5.56 Å². The van der Waals surface area contributed by atoms with Crippen molar-refractivity contribution in [2.75, 3.05) is 24.7 Å². The molecule has 0 N–H and O–H groups in total. The van der Waals surface area contributed by atoms with Gasteiger partial charge in [0.15, 0.2) is 0 Å². The summed E-state index contributed by atoms with van der Waals surface area (Å²) in [5.41, 5.74) is 1.49. The summed E-state index contributed by atoms with van der Waals surface area (Å²) in [6, 6.07) is 15.7. The van der Waals surface area contributed by atoms with Crippen molar-refractivity contribution in [3.05, 3.63) is 65.7 Å². The Morgan fingerprint density at radius 3 is 2.25 bits per heavy atom. The Bertz CT molecular complexity index is 653. The van der Waals surface area contributed by atoms with Crippen LogP contribution in [0, 0.1) is 5.92 Å². The Kier molecular flexibility index (Phi) is 4.81. The second-order valence-corrected chi connectivity index (χ2v) is 6.51. The number of nitrogens with zero attached hydrogens (tertiary/aromatic N) is 2. The zero-order chi connectivity index (χ0) is 17.2. The summed E-state index contributed by atoms with van der Waals surface area (Å²) in [6.07, 6.45) is -4.28. The highest BCUT2D eigenvalue weighted by Gasteiger charge is 2.30. The summed E-state index contributed by atoms with van der Waals surface area (Å²) in [5, 5.41) is 0. The van der Waals surface area contributed by atoms with Gasteiger partial charge in [-0.05, 0) is 35.7 Å². The molecule has 3 rings (SSSR count). The highest BCUT2D eigenvalue weighted by atomic mass is 19.4. The first-order valence-corrected chi connectivity index (χ1v) is 8.10. The molecule has 24 heavy (non-hydrogen) atoms. The van der Waals surface area contributed by atoms with Gasteiger partial charge in [-0.25, -0.2) is 0 Å². The fourth-order valence-electron chi connectivity index (χ4n) is 3.24. The van der Waals surface area contributed by atoms with Crippen molar-refractivity contribution < 1.29 is 13.2 Å². The number of benzene rings is 2. The van der Waals surface area contributed by atoms with Crippen LogP contribution in [0.1, 0.15) is 18.1 Å². The van der Waals surface area contributed by atoms with Crippen molar-refractivity contribution in [3.8, 4) is 0 Å². The third kappa shape index (κ3) is 4.09. The lowest BCUT2D eigenvalue weighted by molar-refractivity contribution is -0.137. The highest BCUT2D eigenvalue weighted by Crippen LogP contribution is 2.31. The number of alkyl halides is 3. The second kappa shape index (κ2) is 6.85. The van der Waals surface area contributed by atoms with E-state index in [-0.39, 0.29) is 0 Å². The average Bonchev–Trinajstić information content (AvgIpc) is 2.54. The summed E-state index contributed by atoms with van der Waals surface area (Å²) in [7, 11) is 0. The van der Waals surface area contributed by atoms with Gasteiger partial charge in [0.2, 0.25) is 0 Å². The molecule has 1 fully saturated rings. The van der Waals surface area contributed by atoms with Gasteiger partial charge in [0, 0.05) is 25.3 Å². The number of hydrogen-bond donors (Lipinski definition) is 0. The first-order valence-electron chi connectivity index (χ1n) is 8.10. The molecule has 0 unspecified atom stereocenters. The average molecular weight is 334 g/mol. The minimum Gasteiger partial charge on any atom is -0.358 e. The second-order valence-electron chi connectivity index (χ2n) is 6.51. The predicted octanol–water partition coefficient (Wildman–Crippen LogP) is 4.62. The predicted molar refractivity (Wildman–Crippen MR) is 89.7 cm³/mol. The van der Waals surface area contributed by atoms with E-state index in [4.69, 9.17) is 0 Å². The smallest absolute Gasteiger partial charge is 0.358 e. The van der Waals surface area contributed by atoms with Crippen LogP contribution in [0.25, 0.3) is 0 Å². The van der Waals surface area contributed by atoms with Gasteiger partial charge in [-0.15, -0.1) is 0 Å². The lowest BCUT2D eigenvalue weighted by Gasteiger charge is -2.40. The van der Waals surface area contributed by atoms with Crippen LogP contribution in [-0.2, 0) is 12.7 Å². The maximum absolute atomic E-state index is 12.7. The zero-order valence-electron chi connectivity index (χ0n) is 13.6. The van der Waals surface area contributed by atoms with Gasteiger partial charge in [0.1, 0.15) is 0 Å². The summed E-state index contributed by atoms with van der Waals surface area (Å²) >= 11 is 0. The van der Waals surface area contributed by atoms with Crippen molar-refractivity contribution >= 4 is 5.69 Å². The summed E-state index contributed by atoms with van der Waals surface area (Å²) in [6.45, 7) is 5.60. The van der Waals surface area contributed by atoms with Gasteiger partial charge in [-0.2, -0.15) is 13.2 Å². The molecule has 0 radical (unpaired) electrons. The maximum Gasteiger partial charge on any atom is 0.416 e. The van der Waals surface area contributed by atoms with Crippen LogP contribution in [0.3, 0.4) is 0 Å². The quantitative estimate of drug-likeness (QED) is 0.808. The topological polar surface area (TPSA) is 6.48 Å². The van der Waals surface area contributed by atoms with Crippen molar-refractivity contribution in [3.63, 3.8) is 0 Å². The molecule has 2 nitrogen and oxygen atoms in total. The molecule has 1 atom stereocenters. The summed E-state index contributed by atoms with van der Waals surface area (Å²) in [4.78, 5) is 4.48. The molecule has 0 bridgehead atoms. The Labute approximate surface area is 140 Å². The van der Waals surface area contributed by atoms with E-state index in [1.807, 2.05) is 18.2 Å². The molecule has 0 amide bonds. The lowest BCUT2D eigenvalue weighted by Crippen LogP contribution is -2.48. The molecule has 1 aliphatic rings. The summed E-state index contributed by atoms with van der Waals surface area (Å²) < 4.78 is 38.1. The molecule has 0 spiro atoms. The molecule has 128 valence electrons. The van der Waals surface area contributed by atoms with Gasteiger partial charge < -0.3 is 4.90 Å². The van der Waals surface area contributed by atoms with Crippen LogP contribution in [0.5, 0.6) is 0 Å². The first kappa shape index (κ1) is 16.8. The van der Waals surface area contributed by atoms with E-state index >= 15 is 0 Å². The normalized spacial score (nSPS) is 19.5. The molecule has 0 aromatic heterocycles. The fraction of sp³-hybridized carbons (Fsp3) is 0.368. The third-order valence-electron chi connectivity index (χ3n) is 4.28. The molecule has 2 aromatic carbocycles. The fourth-order valence-corrected chi connectivity index (χ4v) is 3.24. The largest absolute Gasteiger partial charge is 0.416 e. The Balaban J connectivity index is 1.71. The SMILES string of the molecule is C[C@@H]1CN(Cc2ccccc2)CN(c2ccc(C(F)(F)F)cc2)C1. The highest BCUT2D eigenvalue weighted by molar-refractivity contribution is 5.48. The van der Waals surface area contributed by atoms with Crippen LogP contribution >= 0.6 is 0 Å². The van der Waals surface area contributed by atoms with Gasteiger partial charge in [-0.1, -0.05) is 37.3 Å².